The molecule has 0 bridgehead atoms. The van der Waals surface area contributed by atoms with Gasteiger partial charge in [-0.2, -0.15) is 0 Å². The molecule has 0 radical (unpaired) electrons. The first kappa shape index (κ1) is 26.3. The molecule has 1 aliphatic heterocycles. The second-order valence-corrected chi connectivity index (χ2v) is 17.0. The molecule has 7 heteroatoms. The highest BCUT2D eigenvalue weighted by Gasteiger charge is 2.48. The number of sulfone groups is 1. The first-order valence-electron chi connectivity index (χ1n) is 11.1. The smallest absolute Gasteiger partial charge is 0.192 e. The second-order valence-electron chi connectivity index (χ2n) is 10.1. The molecule has 1 aromatic rings. The van der Waals surface area contributed by atoms with E-state index in [1.807, 2.05) is 6.07 Å². The fourth-order valence-corrected chi connectivity index (χ4v) is 6.42. The molecular weight excluding hydrogens is 428 g/mol. The fraction of sp³-hybridized carbons (Fsp3) is 0.667. The molecule has 3 atom stereocenters. The van der Waals surface area contributed by atoms with Gasteiger partial charge in [0.05, 0.1) is 29.0 Å². The van der Waals surface area contributed by atoms with E-state index in [1.54, 1.807) is 30.3 Å². The topological polar surface area (TPSA) is 61.8 Å². The van der Waals surface area contributed by atoms with Crippen LogP contribution in [0.4, 0.5) is 0 Å². The van der Waals surface area contributed by atoms with Crippen molar-refractivity contribution in [1.82, 2.24) is 0 Å². The Morgan fingerprint density at radius 2 is 1.90 bits per heavy atom. The summed E-state index contributed by atoms with van der Waals surface area (Å²) in [6.07, 6.45) is 3.13. The number of rotatable bonds is 11. The highest BCUT2D eigenvalue weighted by Crippen LogP contribution is 2.41. The van der Waals surface area contributed by atoms with Gasteiger partial charge in [0.1, 0.15) is 6.10 Å². The van der Waals surface area contributed by atoms with Crippen LogP contribution in [0.5, 0.6) is 0 Å². The number of hydrogen-bond donors (Lipinski definition) is 0. The fourth-order valence-electron chi connectivity index (χ4n) is 3.72. The average molecular weight is 469 g/mol. The lowest BCUT2D eigenvalue weighted by Crippen LogP contribution is -2.55. The van der Waals surface area contributed by atoms with Gasteiger partial charge in [0.15, 0.2) is 18.2 Å². The summed E-state index contributed by atoms with van der Waals surface area (Å²) in [5.74, 6) is 0.000330. The van der Waals surface area contributed by atoms with Crippen molar-refractivity contribution >= 4 is 18.2 Å². The average Bonchev–Trinajstić information content (AvgIpc) is 3.13. The summed E-state index contributed by atoms with van der Waals surface area (Å²) in [6, 6.07) is 8.61. The lowest BCUT2D eigenvalue weighted by Gasteiger charge is -2.45. The van der Waals surface area contributed by atoms with Crippen LogP contribution in [-0.2, 0) is 23.7 Å². The van der Waals surface area contributed by atoms with Crippen LogP contribution in [0.3, 0.4) is 0 Å². The van der Waals surface area contributed by atoms with Gasteiger partial charge in [-0.3, -0.25) is 0 Å². The molecule has 0 aliphatic carbocycles. The highest BCUT2D eigenvalue weighted by molar-refractivity contribution is 7.91. The first-order chi connectivity index (χ1) is 14.3. The summed E-state index contributed by atoms with van der Waals surface area (Å²) in [6.45, 7) is 17.8. The van der Waals surface area contributed by atoms with E-state index >= 15 is 0 Å². The Morgan fingerprint density at radius 1 is 1.26 bits per heavy atom. The van der Waals surface area contributed by atoms with Crippen LogP contribution < -0.4 is 0 Å². The molecule has 1 aliphatic rings. The minimum absolute atomic E-state index is 0.000330. The summed E-state index contributed by atoms with van der Waals surface area (Å²) in [7, 11) is -5.61. The summed E-state index contributed by atoms with van der Waals surface area (Å²) in [4.78, 5) is 0.341. The zero-order chi connectivity index (χ0) is 23.3. The second kappa shape index (κ2) is 10.3. The van der Waals surface area contributed by atoms with Crippen LogP contribution in [0, 0.1) is 0 Å². The SMILES string of the molecule is C=CCO[C@@H]([C@H](CCS(=O)(=O)c1ccccc1)O[Si](C)(C)C(C)(C)C)[C@@]1(C)CCCO1. The van der Waals surface area contributed by atoms with Crippen molar-refractivity contribution < 1.29 is 22.3 Å². The van der Waals surface area contributed by atoms with Gasteiger partial charge in [0.2, 0.25) is 0 Å². The van der Waals surface area contributed by atoms with Gasteiger partial charge in [-0.15, -0.1) is 6.58 Å². The number of ether oxygens (including phenoxy) is 2. The Balaban J connectivity index is 2.35. The van der Waals surface area contributed by atoms with Crippen molar-refractivity contribution in [3.8, 4) is 0 Å². The van der Waals surface area contributed by atoms with Gasteiger partial charge < -0.3 is 13.9 Å². The molecule has 1 heterocycles. The third kappa shape index (κ3) is 6.74. The maximum absolute atomic E-state index is 13.0. The molecule has 0 aromatic heterocycles. The molecule has 0 amide bonds. The van der Waals surface area contributed by atoms with E-state index in [9.17, 15) is 8.42 Å². The zero-order valence-electron chi connectivity index (χ0n) is 20.0. The minimum Gasteiger partial charge on any atom is -0.411 e. The van der Waals surface area contributed by atoms with E-state index in [1.165, 1.54) is 0 Å². The minimum atomic E-state index is -3.42. The van der Waals surface area contributed by atoms with Gasteiger partial charge >= 0.3 is 0 Å². The van der Waals surface area contributed by atoms with E-state index in [4.69, 9.17) is 13.9 Å². The Bertz CT molecular complexity index is 808. The van der Waals surface area contributed by atoms with Crippen molar-refractivity contribution in [2.45, 2.75) is 87.8 Å². The van der Waals surface area contributed by atoms with Crippen molar-refractivity contribution in [1.29, 1.82) is 0 Å². The maximum atomic E-state index is 13.0. The van der Waals surface area contributed by atoms with Crippen LogP contribution in [-0.4, -0.2) is 53.5 Å². The van der Waals surface area contributed by atoms with Crippen LogP contribution in [0.2, 0.25) is 18.1 Å². The molecule has 1 aromatic carbocycles. The van der Waals surface area contributed by atoms with Gasteiger partial charge in [-0.25, -0.2) is 8.42 Å². The van der Waals surface area contributed by atoms with E-state index in [2.05, 4.69) is 47.4 Å². The lowest BCUT2D eigenvalue weighted by atomic mass is 9.90. The molecule has 0 unspecified atom stereocenters. The van der Waals surface area contributed by atoms with Crippen molar-refractivity contribution in [2.24, 2.45) is 0 Å². The largest absolute Gasteiger partial charge is 0.411 e. The Morgan fingerprint density at radius 3 is 2.42 bits per heavy atom. The molecule has 0 N–H and O–H groups in total. The van der Waals surface area contributed by atoms with E-state index in [-0.39, 0.29) is 23.0 Å². The maximum Gasteiger partial charge on any atom is 0.192 e. The van der Waals surface area contributed by atoms with E-state index in [0.29, 0.717) is 24.5 Å². The van der Waals surface area contributed by atoms with Crippen molar-refractivity contribution in [2.75, 3.05) is 19.0 Å². The predicted molar refractivity (Wildman–Crippen MR) is 129 cm³/mol. The molecule has 2 rings (SSSR count). The Kier molecular flexibility index (Phi) is 8.72. The molecule has 0 saturated carbocycles. The molecule has 1 fully saturated rings. The monoisotopic (exact) mass is 468 g/mol. The molecule has 1 saturated heterocycles. The van der Waals surface area contributed by atoms with Gasteiger partial charge in [-0.05, 0) is 56.5 Å². The van der Waals surface area contributed by atoms with Gasteiger partial charge in [0.25, 0.3) is 0 Å². The Hall–Kier alpha value is -0.993. The lowest BCUT2D eigenvalue weighted by molar-refractivity contribution is -0.144. The zero-order valence-corrected chi connectivity index (χ0v) is 21.8. The standard InChI is InChI=1S/C24H40O5SSi/c1-8-17-27-22(24(5)16-12-18-28-24)21(29-31(6,7)23(2,3)4)15-19-30(25,26)20-13-10-9-11-14-20/h8-11,13-14,21-22H,1,12,15-19H2,2-7H3/t21-,22-,24+/m0/s1. The normalized spacial score (nSPS) is 22.3. The van der Waals surface area contributed by atoms with Gasteiger partial charge in [0, 0.05) is 6.61 Å². The third-order valence-electron chi connectivity index (χ3n) is 6.61. The molecule has 0 spiro atoms. The quantitative estimate of drug-likeness (QED) is 0.322. The Labute approximate surface area is 190 Å². The summed E-state index contributed by atoms with van der Waals surface area (Å²) < 4.78 is 45.2. The number of benzene rings is 1. The van der Waals surface area contributed by atoms with Crippen LogP contribution in [0.1, 0.15) is 47.0 Å². The van der Waals surface area contributed by atoms with Crippen LogP contribution in [0.25, 0.3) is 0 Å². The molecular formula is C24H40O5SSi. The summed E-state index contributed by atoms with van der Waals surface area (Å²) in [5, 5.41) is -0.00994. The van der Waals surface area contributed by atoms with Crippen LogP contribution >= 0.6 is 0 Å². The third-order valence-corrected chi connectivity index (χ3v) is 12.9. The van der Waals surface area contributed by atoms with E-state index in [0.717, 1.165) is 12.8 Å². The van der Waals surface area contributed by atoms with Crippen molar-refractivity contribution in [3.63, 3.8) is 0 Å². The van der Waals surface area contributed by atoms with Crippen molar-refractivity contribution in [3.05, 3.63) is 43.0 Å². The molecule has 176 valence electrons. The van der Waals surface area contributed by atoms with Gasteiger partial charge in [-0.1, -0.05) is 45.0 Å². The van der Waals surface area contributed by atoms with E-state index < -0.39 is 23.8 Å². The number of hydrogen-bond acceptors (Lipinski definition) is 5. The van der Waals surface area contributed by atoms with Crippen LogP contribution in [0.15, 0.2) is 47.9 Å². The predicted octanol–water partition coefficient (Wildman–Crippen LogP) is 5.38. The summed E-state index contributed by atoms with van der Waals surface area (Å²) in [5.41, 5.74) is -0.507. The highest BCUT2D eigenvalue weighted by atomic mass is 32.2. The molecule has 31 heavy (non-hydrogen) atoms. The molecule has 5 nitrogen and oxygen atoms in total. The summed E-state index contributed by atoms with van der Waals surface area (Å²) >= 11 is 0. The first-order valence-corrected chi connectivity index (χ1v) is 15.7.